The van der Waals surface area contributed by atoms with Gasteiger partial charge in [0.25, 0.3) is 0 Å². The van der Waals surface area contributed by atoms with Crippen LogP contribution in [0.25, 0.3) is 11.1 Å². The van der Waals surface area contributed by atoms with E-state index in [4.69, 9.17) is 0 Å². The molecule has 1 aliphatic heterocycles. The van der Waals surface area contributed by atoms with Gasteiger partial charge in [-0.05, 0) is 72.9 Å². The molecule has 3 aromatic rings. The summed E-state index contributed by atoms with van der Waals surface area (Å²) in [6, 6.07) is 16.4. The molecule has 3 nitrogen and oxygen atoms in total. The highest BCUT2D eigenvalue weighted by Gasteiger charge is 2.31. The third kappa shape index (κ3) is 4.34. The van der Waals surface area contributed by atoms with Crippen molar-refractivity contribution in [1.82, 2.24) is 9.88 Å². The number of pyridine rings is 1. The molecule has 1 atom stereocenters. The maximum Gasteiger partial charge on any atom is 0.227 e. The smallest absolute Gasteiger partial charge is 0.227 e. The summed E-state index contributed by atoms with van der Waals surface area (Å²) in [7, 11) is 0. The highest BCUT2D eigenvalue weighted by atomic mass is 19.1. The predicted octanol–water partition coefficient (Wildman–Crippen LogP) is 5.24. The lowest BCUT2D eigenvalue weighted by atomic mass is 10.0. The molecule has 1 saturated heterocycles. The fourth-order valence-electron chi connectivity index (χ4n) is 3.97. The molecule has 0 radical (unpaired) electrons. The Morgan fingerprint density at radius 2 is 1.83 bits per heavy atom. The van der Waals surface area contributed by atoms with Crippen molar-refractivity contribution in [3.63, 3.8) is 0 Å². The first-order chi connectivity index (χ1) is 14.0. The average molecular weight is 392 g/mol. The van der Waals surface area contributed by atoms with Crippen LogP contribution in [0, 0.1) is 18.6 Å². The number of aryl methyl sites for hydroxylation is 1. The van der Waals surface area contributed by atoms with Crippen LogP contribution in [-0.4, -0.2) is 22.3 Å². The van der Waals surface area contributed by atoms with Crippen LogP contribution in [0.15, 0.2) is 60.7 Å². The SMILES string of the molecule is Cc1cc(-c2ccc(F)cc2)cc([C@@H]2CCCN2C(=O)Cc2cccc(F)c2)n1. The number of carbonyl (C=O) groups is 1. The molecule has 0 N–H and O–H groups in total. The van der Waals surface area contributed by atoms with Crippen LogP contribution in [0.4, 0.5) is 8.78 Å². The molecule has 1 aromatic heterocycles. The number of benzene rings is 2. The summed E-state index contributed by atoms with van der Waals surface area (Å²) in [5, 5.41) is 0. The molecule has 1 amide bonds. The quantitative estimate of drug-likeness (QED) is 0.608. The standard InChI is InChI=1S/C24H22F2N2O/c1-16-12-19(18-7-9-20(25)10-8-18)15-22(27-16)23-6-3-11-28(23)24(29)14-17-4-2-5-21(26)13-17/h2,4-5,7-10,12-13,15,23H,3,6,11,14H2,1H3/t23-/m0/s1. The zero-order valence-electron chi connectivity index (χ0n) is 16.2. The lowest BCUT2D eigenvalue weighted by molar-refractivity contribution is -0.131. The van der Waals surface area contributed by atoms with Crippen molar-refractivity contribution >= 4 is 5.91 Å². The van der Waals surface area contributed by atoms with Gasteiger partial charge in [0.1, 0.15) is 11.6 Å². The van der Waals surface area contributed by atoms with Crippen LogP contribution >= 0.6 is 0 Å². The predicted molar refractivity (Wildman–Crippen MR) is 108 cm³/mol. The van der Waals surface area contributed by atoms with E-state index in [-0.39, 0.29) is 30.0 Å². The molecule has 0 unspecified atom stereocenters. The Balaban J connectivity index is 1.59. The minimum Gasteiger partial charge on any atom is -0.334 e. The van der Waals surface area contributed by atoms with E-state index in [1.54, 1.807) is 24.3 Å². The first kappa shape index (κ1) is 19.2. The van der Waals surface area contributed by atoms with Crippen LogP contribution in [0.2, 0.25) is 0 Å². The van der Waals surface area contributed by atoms with Gasteiger partial charge in [-0.1, -0.05) is 24.3 Å². The molecular formula is C24H22F2N2O. The Kier molecular flexibility index (Phi) is 5.38. The second kappa shape index (κ2) is 8.11. The molecule has 0 aliphatic carbocycles. The maximum absolute atomic E-state index is 13.5. The van der Waals surface area contributed by atoms with E-state index >= 15 is 0 Å². The van der Waals surface area contributed by atoms with Crippen LogP contribution in [0.1, 0.15) is 35.8 Å². The van der Waals surface area contributed by atoms with E-state index in [2.05, 4.69) is 4.98 Å². The van der Waals surface area contributed by atoms with Crippen molar-refractivity contribution in [3.8, 4) is 11.1 Å². The van der Waals surface area contributed by atoms with Crippen LogP contribution in [0.3, 0.4) is 0 Å². The Hall–Kier alpha value is -3.08. The van der Waals surface area contributed by atoms with E-state index in [0.717, 1.165) is 35.4 Å². The summed E-state index contributed by atoms with van der Waals surface area (Å²) in [4.78, 5) is 19.5. The van der Waals surface area contributed by atoms with Crippen molar-refractivity contribution in [2.75, 3.05) is 6.54 Å². The van der Waals surface area contributed by atoms with Gasteiger partial charge in [0, 0.05) is 12.2 Å². The van der Waals surface area contributed by atoms with Gasteiger partial charge >= 0.3 is 0 Å². The third-order valence-electron chi connectivity index (χ3n) is 5.31. The van der Waals surface area contributed by atoms with E-state index in [1.807, 2.05) is 24.0 Å². The topological polar surface area (TPSA) is 33.2 Å². The Bertz CT molecular complexity index is 1030. The minimum absolute atomic E-state index is 0.0234. The summed E-state index contributed by atoms with van der Waals surface area (Å²) in [5.74, 6) is -0.632. The largest absolute Gasteiger partial charge is 0.334 e. The Morgan fingerprint density at radius 1 is 1.03 bits per heavy atom. The van der Waals surface area contributed by atoms with Gasteiger partial charge in [0.2, 0.25) is 5.91 Å². The number of rotatable bonds is 4. The molecular weight excluding hydrogens is 370 g/mol. The molecule has 0 saturated carbocycles. The van der Waals surface area contributed by atoms with Gasteiger partial charge in [0.05, 0.1) is 18.2 Å². The number of amides is 1. The van der Waals surface area contributed by atoms with Crippen molar-refractivity contribution in [1.29, 1.82) is 0 Å². The summed E-state index contributed by atoms with van der Waals surface area (Å²) >= 11 is 0. The fourth-order valence-corrected chi connectivity index (χ4v) is 3.97. The number of nitrogens with zero attached hydrogens (tertiary/aromatic N) is 2. The maximum atomic E-state index is 13.5. The van der Waals surface area contributed by atoms with Crippen molar-refractivity contribution < 1.29 is 13.6 Å². The molecule has 2 aromatic carbocycles. The van der Waals surface area contributed by atoms with Gasteiger partial charge < -0.3 is 4.90 Å². The van der Waals surface area contributed by atoms with E-state index in [0.29, 0.717) is 12.1 Å². The number of halogens is 2. The molecule has 1 fully saturated rings. The van der Waals surface area contributed by atoms with Gasteiger partial charge in [0.15, 0.2) is 0 Å². The molecule has 2 heterocycles. The molecule has 1 aliphatic rings. The highest BCUT2D eigenvalue weighted by molar-refractivity contribution is 5.79. The summed E-state index contributed by atoms with van der Waals surface area (Å²) in [6.45, 7) is 2.59. The normalized spacial score (nSPS) is 16.2. The Labute approximate surface area is 169 Å². The van der Waals surface area contributed by atoms with E-state index in [1.165, 1.54) is 24.3 Å². The van der Waals surface area contributed by atoms with E-state index in [9.17, 15) is 13.6 Å². The number of carbonyl (C=O) groups excluding carboxylic acids is 1. The molecule has 29 heavy (non-hydrogen) atoms. The van der Waals surface area contributed by atoms with Crippen LogP contribution in [-0.2, 0) is 11.2 Å². The van der Waals surface area contributed by atoms with Crippen LogP contribution in [0.5, 0.6) is 0 Å². The third-order valence-corrected chi connectivity index (χ3v) is 5.31. The molecule has 0 spiro atoms. The zero-order valence-corrected chi connectivity index (χ0v) is 16.2. The van der Waals surface area contributed by atoms with Crippen molar-refractivity contribution in [2.24, 2.45) is 0 Å². The number of aromatic nitrogens is 1. The van der Waals surface area contributed by atoms with Gasteiger partial charge in [-0.25, -0.2) is 8.78 Å². The summed E-state index contributed by atoms with van der Waals surface area (Å²) in [5.41, 5.74) is 4.23. The molecule has 0 bridgehead atoms. The molecule has 148 valence electrons. The highest BCUT2D eigenvalue weighted by Crippen LogP contribution is 2.34. The first-order valence-electron chi connectivity index (χ1n) is 9.78. The number of hydrogen-bond acceptors (Lipinski definition) is 2. The van der Waals surface area contributed by atoms with Gasteiger partial charge in [-0.3, -0.25) is 9.78 Å². The summed E-state index contributed by atoms with van der Waals surface area (Å²) < 4.78 is 26.7. The van der Waals surface area contributed by atoms with Crippen LogP contribution < -0.4 is 0 Å². The van der Waals surface area contributed by atoms with Gasteiger partial charge in [-0.15, -0.1) is 0 Å². The summed E-state index contributed by atoms with van der Waals surface area (Å²) in [6.07, 6.45) is 1.92. The molecule has 5 heteroatoms. The second-order valence-electron chi connectivity index (χ2n) is 7.48. The monoisotopic (exact) mass is 392 g/mol. The molecule has 4 rings (SSSR count). The minimum atomic E-state index is -0.336. The first-order valence-corrected chi connectivity index (χ1v) is 9.78. The fraction of sp³-hybridized carbons (Fsp3) is 0.250. The van der Waals surface area contributed by atoms with Crippen molar-refractivity contribution in [3.05, 3.63) is 89.2 Å². The van der Waals surface area contributed by atoms with Gasteiger partial charge in [-0.2, -0.15) is 0 Å². The van der Waals surface area contributed by atoms with E-state index < -0.39 is 0 Å². The Morgan fingerprint density at radius 3 is 2.59 bits per heavy atom. The zero-order chi connectivity index (χ0) is 20.4. The lowest BCUT2D eigenvalue weighted by Crippen LogP contribution is -2.32. The number of hydrogen-bond donors (Lipinski definition) is 0. The second-order valence-corrected chi connectivity index (χ2v) is 7.48. The number of likely N-dealkylation sites (tertiary alicyclic amines) is 1. The average Bonchev–Trinajstić information content (AvgIpc) is 3.18. The lowest BCUT2D eigenvalue weighted by Gasteiger charge is -2.25. The van der Waals surface area contributed by atoms with Crippen molar-refractivity contribution in [2.45, 2.75) is 32.2 Å².